The van der Waals surface area contributed by atoms with Crippen molar-refractivity contribution in [2.24, 2.45) is 0 Å². The topological polar surface area (TPSA) is 58.1 Å². The number of aryl methyl sites for hydroxylation is 1. The van der Waals surface area contributed by atoms with Crippen molar-refractivity contribution in [3.05, 3.63) is 77.6 Å². The van der Waals surface area contributed by atoms with Gasteiger partial charge in [-0.1, -0.05) is 50.2 Å². The molecule has 142 valence electrons. The van der Waals surface area contributed by atoms with Crippen molar-refractivity contribution in [3.63, 3.8) is 0 Å². The van der Waals surface area contributed by atoms with E-state index in [1.807, 2.05) is 30.3 Å². The van der Waals surface area contributed by atoms with Gasteiger partial charge in [0.2, 0.25) is 5.95 Å². The molecule has 1 N–H and O–H groups in total. The summed E-state index contributed by atoms with van der Waals surface area (Å²) in [5, 5.41) is 3.01. The van der Waals surface area contributed by atoms with Gasteiger partial charge in [-0.25, -0.2) is 9.97 Å². The molecule has 0 unspecified atom stereocenters. The molecule has 0 saturated heterocycles. The van der Waals surface area contributed by atoms with Crippen LogP contribution in [0, 0.1) is 0 Å². The SMILES string of the molecule is CC(C)c1ccccc1NC(=O)c1ccnc(N2CCCc3ccccc32)n1. The van der Waals surface area contributed by atoms with E-state index in [1.54, 1.807) is 12.3 Å². The number of fused-ring (bicyclic) bond motifs is 1. The van der Waals surface area contributed by atoms with Crippen molar-refractivity contribution in [3.8, 4) is 0 Å². The fourth-order valence-corrected chi connectivity index (χ4v) is 3.65. The zero-order chi connectivity index (χ0) is 19.5. The predicted molar refractivity (Wildman–Crippen MR) is 112 cm³/mol. The highest BCUT2D eigenvalue weighted by molar-refractivity contribution is 6.03. The van der Waals surface area contributed by atoms with Crippen LogP contribution in [0.3, 0.4) is 0 Å². The number of rotatable bonds is 4. The number of hydrogen-bond acceptors (Lipinski definition) is 4. The minimum absolute atomic E-state index is 0.220. The van der Waals surface area contributed by atoms with E-state index in [4.69, 9.17) is 0 Å². The Morgan fingerprint density at radius 1 is 1.07 bits per heavy atom. The average molecular weight is 372 g/mol. The van der Waals surface area contributed by atoms with Gasteiger partial charge in [0.1, 0.15) is 5.69 Å². The summed E-state index contributed by atoms with van der Waals surface area (Å²) in [6.45, 7) is 5.07. The highest BCUT2D eigenvalue weighted by atomic mass is 16.1. The number of para-hydroxylation sites is 2. The third kappa shape index (κ3) is 3.60. The molecule has 0 radical (unpaired) electrons. The molecule has 3 aromatic rings. The summed E-state index contributed by atoms with van der Waals surface area (Å²) < 4.78 is 0. The summed E-state index contributed by atoms with van der Waals surface area (Å²) in [6.07, 6.45) is 3.75. The van der Waals surface area contributed by atoms with Crippen LogP contribution >= 0.6 is 0 Å². The van der Waals surface area contributed by atoms with Gasteiger partial charge in [0.05, 0.1) is 0 Å². The Kier molecular flexibility index (Phi) is 5.06. The van der Waals surface area contributed by atoms with Crippen molar-refractivity contribution in [1.82, 2.24) is 9.97 Å². The van der Waals surface area contributed by atoms with Crippen LogP contribution in [0.2, 0.25) is 0 Å². The molecule has 1 aliphatic heterocycles. The molecule has 5 nitrogen and oxygen atoms in total. The third-order valence-corrected chi connectivity index (χ3v) is 5.06. The zero-order valence-corrected chi connectivity index (χ0v) is 16.2. The van der Waals surface area contributed by atoms with Crippen LogP contribution in [0.1, 0.15) is 47.8 Å². The number of benzene rings is 2. The summed E-state index contributed by atoms with van der Waals surface area (Å²) in [5.74, 6) is 0.668. The highest BCUT2D eigenvalue weighted by Gasteiger charge is 2.21. The van der Waals surface area contributed by atoms with Gasteiger partial charge < -0.3 is 10.2 Å². The van der Waals surface area contributed by atoms with Crippen molar-refractivity contribution in [1.29, 1.82) is 0 Å². The quantitative estimate of drug-likeness (QED) is 0.705. The third-order valence-electron chi connectivity index (χ3n) is 5.06. The zero-order valence-electron chi connectivity index (χ0n) is 16.2. The summed E-state index contributed by atoms with van der Waals surface area (Å²) in [6, 6.07) is 17.8. The van der Waals surface area contributed by atoms with Crippen LogP contribution in [0.5, 0.6) is 0 Å². The van der Waals surface area contributed by atoms with Gasteiger partial charge in [-0.3, -0.25) is 4.79 Å². The van der Waals surface area contributed by atoms with Crippen molar-refractivity contribution in [2.45, 2.75) is 32.6 Å². The normalized spacial score (nSPS) is 13.3. The van der Waals surface area contributed by atoms with Crippen LogP contribution < -0.4 is 10.2 Å². The molecule has 0 aliphatic carbocycles. The van der Waals surface area contributed by atoms with Crippen LogP contribution in [-0.4, -0.2) is 22.4 Å². The number of hydrogen-bond donors (Lipinski definition) is 1. The van der Waals surface area contributed by atoms with Gasteiger partial charge in [0.25, 0.3) is 5.91 Å². The van der Waals surface area contributed by atoms with E-state index < -0.39 is 0 Å². The molecule has 4 rings (SSSR count). The minimum Gasteiger partial charge on any atom is -0.320 e. The Bertz CT molecular complexity index is 999. The molecule has 1 amide bonds. The van der Waals surface area contributed by atoms with E-state index in [-0.39, 0.29) is 5.91 Å². The van der Waals surface area contributed by atoms with E-state index in [1.165, 1.54) is 5.56 Å². The standard InChI is InChI=1S/C23H24N4O/c1-16(2)18-10-4-5-11-19(18)25-22(28)20-13-14-24-23(26-20)27-15-7-9-17-8-3-6-12-21(17)27/h3-6,8,10-14,16H,7,9,15H2,1-2H3,(H,25,28). The van der Waals surface area contributed by atoms with E-state index in [0.717, 1.165) is 36.3 Å². The van der Waals surface area contributed by atoms with E-state index in [0.29, 0.717) is 17.6 Å². The van der Waals surface area contributed by atoms with Crippen molar-refractivity contribution >= 4 is 23.2 Å². The van der Waals surface area contributed by atoms with Gasteiger partial charge >= 0.3 is 0 Å². The summed E-state index contributed by atoms with van der Waals surface area (Å²) in [4.78, 5) is 23.9. The Balaban J connectivity index is 1.61. The second-order valence-corrected chi connectivity index (χ2v) is 7.32. The summed E-state index contributed by atoms with van der Waals surface area (Å²) in [5.41, 5.74) is 4.71. The Hall–Kier alpha value is -3.21. The van der Waals surface area contributed by atoms with Crippen molar-refractivity contribution < 1.29 is 4.79 Å². The molecule has 2 aromatic carbocycles. The Morgan fingerprint density at radius 3 is 2.71 bits per heavy atom. The molecule has 5 heteroatoms. The van der Waals surface area contributed by atoms with Crippen LogP contribution in [0.4, 0.5) is 17.3 Å². The molecule has 2 heterocycles. The fourth-order valence-electron chi connectivity index (χ4n) is 3.65. The summed E-state index contributed by atoms with van der Waals surface area (Å²) in [7, 11) is 0. The number of nitrogens with zero attached hydrogens (tertiary/aromatic N) is 3. The maximum Gasteiger partial charge on any atom is 0.274 e. The minimum atomic E-state index is -0.220. The number of aromatic nitrogens is 2. The Morgan fingerprint density at radius 2 is 1.86 bits per heavy atom. The maximum absolute atomic E-state index is 12.8. The van der Waals surface area contributed by atoms with Crippen LogP contribution in [0.15, 0.2) is 60.8 Å². The first kappa shape index (κ1) is 18.2. The fraction of sp³-hybridized carbons (Fsp3) is 0.261. The smallest absolute Gasteiger partial charge is 0.274 e. The second-order valence-electron chi connectivity index (χ2n) is 7.32. The lowest BCUT2D eigenvalue weighted by Crippen LogP contribution is -2.27. The van der Waals surface area contributed by atoms with Gasteiger partial charge in [-0.15, -0.1) is 0 Å². The lowest BCUT2D eigenvalue weighted by molar-refractivity contribution is 0.102. The molecular weight excluding hydrogens is 348 g/mol. The predicted octanol–water partition coefficient (Wildman–Crippen LogP) is 4.94. The number of carbonyl (C=O) groups excluding carboxylic acids is 1. The van der Waals surface area contributed by atoms with Gasteiger partial charge in [-0.2, -0.15) is 0 Å². The lowest BCUT2D eigenvalue weighted by Gasteiger charge is -2.29. The van der Waals surface area contributed by atoms with E-state index in [9.17, 15) is 4.79 Å². The number of amides is 1. The first-order valence-electron chi connectivity index (χ1n) is 9.72. The molecule has 0 saturated carbocycles. The molecule has 0 fully saturated rings. The lowest BCUT2D eigenvalue weighted by atomic mass is 10.0. The first-order valence-corrected chi connectivity index (χ1v) is 9.72. The molecular formula is C23H24N4O. The van der Waals surface area contributed by atoms with Gasteiger partial charge in [0, 0.05) is 24.1 Å². The van der Waals surface area contributed by atoms with Gasteiger partial charge in [-0.05, 0) is 48.1 Å². The number of nitrogens with one attached hydrogen (secondary N) is 1. The van der Waals surface area contributed by atoms with Gasteiger partial charge in [0.15, 0.2) is 0 Å². The maximum atomic E-state index is 12.8. The monoisotopic (exact) mass is 372 g/mol. The molecule has 0 atom stereocenters. The molecule has 0 spiro atoms. The Labute approximate surface area is 165 Å². The largest absolute Gasteiger partial charge is 0.320 e. The molecule has 1 aromatic heterocycles. The van der Waals surface area contributed by atoms with E-state index >= 15 is 0 Å². The first-order chi connectivity index (χ1) is 13.6. The molecule has 0 bridgehead atoms. The average Bonchev–Trinajstić information content (AvgIpc) is 2.73. The second kappa shape index (κ2) is 7.80. The van der Waals surface area contributed by atoms with Crippen LogP contribution in [0.25, 0.3) is 0 Å². The highest BCUT2D eigenvalue weighted by Crippen LogP contribution is 2.31. The number of carbonyl (C=O) groups is 1. The summed E-state index contributed by atoms with van der Waals surface area (Å²) >= 11 is 0. The van der Waals surface area contributed by atoms with Crippen LogP contribution in [-0.2, 0) is 6.42 Å². The molecule has 1 aliphatic rings. The van der Waals surface area contributed by atoms with Crippen molar-refractivity contribution in [2.75, 3.05) is 16.8 Å². The number of anilines is 3. The molecule has 28 heavy (non-hydrogen) atoms. The van der Waals surface area contributed by atoms with E-state index in [2.05, 4.69) is 52.2 Å².